The fourth-order valence-electron chi connectivity index (χ4n) is 4.06. The Hall–Kier alpha value is -2.21. The van der Waals surface area contributed by atoms with Crippen molar-refractivity contribution < 1.29 is 9.59 Å². The third-order valence-corrected chi connectivity index (χ3v) is 6.78. The molecule has 1 aromatic heterocycles. The summed E-state index contributed by atoms with van der Waals surface area (Å²) >= 11 is 1.47. The van der Waals surface area contributed by atoms with Gasteiger partial charge < -0.3 is 10.2 Å². The van der Waals surface area contributed by atoms with Crippen molar-refractivity contribution in [2.75, 3.05) is 11.9 Å². The molecule has 1 saturated carbocycles. The summed E-state index contributed by atoms with van der Waals surface area (Å²) in [5.74, 6) is -0.317. The van der Waals surface area contributed by atoms with Gasteiger partial charge in [-0.05, 0) is 38.7 Å². The molecule has 1 heterocycles. The summed E-state index contributed by atoms with van der Waals surface area (Å²) in [6.07, 6.45) is 6.10. The fourth-order valence-corrected chi connectivity index (χ4v) is 4.89. The van der Waals surface area contributed by atoms with E-state index in [0.29, 0.717) is 5.13 Å². The highest BCUT2D eigenvalue weighted by atomic mass is 32.1. The zero-order valence-corrected chi connectivity index (χ0v) is 18.4. The Morgan fingerprint density at radius 2 is 1.86 bits per heavy atom. The lowest BCUT2D eigenvalue weighted by Crippen LogP contribution is -2.47. The minimum absolute atomic E-state index is 0.0623. The maximum absolute atomic E-state index is 13.6. The molecule has 6 heteroatoms. The Morgan fingerprint density at radius 3 is 2.45 bits per heavy atom. The molecule has 1 aliphatic carbocycles. The molecule has 3 rings (SSSR count). The number of benzene rings is 1. The van der Waals surface area contributed by atoms with Gasteiger partial charge in [0.15, 0.2) is 5.13 Å². The van der Waals surface area contributed by atoms with Gasteiger partial charge in [0.1, 0.15) is 6.54 Å². The molecule has 0 unspecified atom stereocenters. The first kappa shape index (κ1) is 21.5. The molecule has 1 atom stereocenters. The molecule has 1 aliphatic rings. The number of hydrogen-bond donors (Lipinski definition) is 1. The smallest absolute Gasteiger partial charge is 0.245 e. The monoisotopic (exact) mass is 413 g/mol. The molecule has 0 radical (unpaired) electrons. The fraction of sp³-hybridized carbons (Fsp3) is 0.522. The number of aryl methyl sites for hydroxylation is 2. The number of anilines is 1. The van der Waals surface area contributed by atoms with Crippen LogP contribution in [0.3, 0.4) is 0 Å². The van der Waals surface area contributed by atoms with Crippen molar-refractivity contribution in [2.45, 2.75) is 71.3 Å². The van der Waals surface area contributed by atoms with E-state index in [9.17, 15) is 9.59 Å². The van der Waals surface area contributed by atoms with Crippen LogP contribution in [-0.4, -0.2) is 34.3 Å². The van der Waals surface area contributed by atoms with E-state index >= 15 is 0 Å². The maximum atomic E-state index is 13.6. The summed E-state index contributed by atoms with van der Waals surface area (Å²) in [5, 5.41) is 3.51. The number of nitrogens with zero attached hydrogens (tertiary/aromatic N) is 2. The van der Waals surface area contributed by atoms with E-state index in [2.05, 4.69) is 10.3 Å². The molecule has 5 nitrogen and oxygen atoms in total. The molecule has 2 aromatic rings. The van der Waals surface area contributed by atoms with E-state index < -0.39 is 0 Å². The second-order valence-corrected chi connectivity index (χ2v) is 9.04. The van der Waals surface area contributed by atoms with E-state index in [1.807, 2.05) is 56.0 Å². The predicted octanol–water partition coefficient (Wildman–Crippen LogP) is 5.05. The number of thiazole rings is 1. The van der Waals surface area contributed by atoms with Crippen LogP contribution >= 0.6 is 11.3 Å². The maximum Gasteiger partial charge on any atom is 0.245 e. The number of carbonyl (C=O) groups excluding carboxylic acids is 2. The molecule has 0 bridgehead atoms. The van der Waals surface area contributed by atoms with E-state index in [1.54, 1.807) is 0 Å². The van der Waals surface area contributed by atoms with Crippen molar-refractivity contribution in [2.24, 2.45) is 0 Å². The van der Waals surface area contributed by atoms with Gasteiger partial charge in [-0.3, -0.25) is 9.59 Å². The zero-order valence-electron chi connectivity index (χ0n) is 17.6. The second-order valence-electron chi connectivity index (χ2n) is 7.84. The largest absolute Gasteiger partial charge is 0.330 e. The summed E-state index contributed by atoms with van der Waals surface area (Å²) in [4.78, 5) is 33.7. The molecule has 156 valence electrons. The van der Waals surface area contributed by atoms with Gasteiger partial charge >= 0.3 is 0 Å². The van der Waals surface area contributed by atoms with Crippen molar-refractivity contribution in [3.05, 3.63) is 46.5 Å². The molecule has 0 saturated heterocycles. The van der Waals surface area contributed by atoms with Crippen molar-refractivity contribution in [1.82, 2.24) is 9.88 Å². The van der Waals surface area contributed by atoms with Crippen LogP contribution in [0.2, 0.25) is 0 Å². The van der Waals surface area contributed by atoms with Gasteiger partial charge in [-0.1, -0.05) is 56.5 Å². The van der Waals surface area contributed by atoms with E-state index in [-0.39, 0.29) is 30.3 Å². The average Bonchev–Trinajstić information content (AvgIpc) is 3.04. The summed E-state index contributed by atoms with van der Waals surface area (Å²) < 4.78 is 0. The Balaban J connectivity index is 1.77. The summed E-state index contributed by atoms with van der Waals surface area (Å²) in [6, 6.07) is 10.1. The van der Waals surface area contributed by atoms with Crippen molar-refractivity contribution in [3.63, 3.8) is 0 Å². The van der Waals surface area contributed by atoms with Crippen LogP contribution in [-0.2, 0) is 9.59 Å². The lowest BCUT2D eigenvalue weighted by atomic mass is 9.90. The molecular weight excluding hydrogens is 382 g/mol. The average molecular weight is 414 g/mol. The third kappa shape index (κ3) is 5.44. The van der Waals surface area contributed by atoms with Gasteiger partial charge in [0.25, 0.3) is 0 Å². The molecular formula is C23H31N3O2S. The Bertz CT molecular complexity index is 808. The van der Waals surface area contributed by atoms with E-state index in [0.717, 1.165) is 48.2 Å². The number of carbonyl (C=O) groups is 2. The van der Waals surface area contributed by atoms with Crippen LogP contribution in [0.25, 0.3) is 0 Å². The topological polar surface area (TPSA) is 62.3 Å². The number of aromatic nitrogens is 1. The highest BCUT2D eigenvalue weighted by Crippen LogP contribution is 2.28. The van der Waals surface area contributed by atoms with Gasteiger partial charge in [0.2, 0.25) is 11.8 Å². The predicted molar refractivity (Wildman–Crippen MR) is 118 cm³/mol. The van der Waals surface area contributed by atoms with E-state index in [4.69, 9.17) is 0 Å². The second kappa shape index (κ2) is 10.0. The minimum atomic E-state index is -0.213. The molecule has 2 amide bonds. The molecule has 1 aromatic carbocycles. The van der Waals surface area contributed by atoms with Crippen LogP contribution in [0.5, 0.6) is 0 Å². The van der Waals surface area contributed by atoms with Crippen LogP contribution in [0.15, 0.2) is 30.3 Å². The minimum Gasteiger partial charge on any atom is -0.330 e. The molecule has 1 N–H and O–H groups in total. The van der Waals surface area contributed by atoms with Crippen molar-refractivity contribution in [1.29, 1.82) is 0 Å². The standard InChI is InChI=1S/C23H31N3O2S/c1-4-20(18-11-7-5-8-12-18)22(28)26(19-13-9-6-10-14-19)15-21(27)25-23-24-16(2)17(3)29-23/h5,7-8,11-12,19-20H,4,6,9-10,13-15H2,1-3H3,(H,24,25,27)/t20-/m0/s1. The number of rotatable bonds is 7. The van der Waals surface area contributed by atoms with Crippen LogP contribution in [0, 0.1) is 13.8 Å². The van der Waals surface area contributed by atoms with Gasteiger partial charge in [-0.25, -0.2) is 4.98 Å². The number of hydrogen-bond acceptors (Lipinski definition) is 4. The SMILES string of the molecule is CC[C@H](C(=O)N(CC(=O)Nc1nc(C)c(C)s1)C1CCCCC1)c1ccccc1. The Morgan fingerprint density at radius 1 is 1.17 bits per heavy atom. The first-order valence-electron chi connectivity index (χ1n) is 10.6. The summed E-state index contributed by atoms with van der Waals surface area (Å²) in [5.41, 5.74) is 1.95. The van der Waals surface area contributed by atoms with Gasteiger partial charge in [-0.15, -0.1) is 11.3 Å². The van der Waals surface area contributed by atoms with Crippen LogP contribution < -0.4 is 5.32 Å². The van der Waals surface area contributed by atoms with Gasteiger partial charge in [0, 0.05) is 10.9 Å². The van der Waals surface area contributed by atoms with Gasteiger partial charge in [0.05, 0.1) is 11.6 Å². The zero-order chi connectivity index (χ0) is 20.8. The van der Waals surface area contributed by atoms with Crippen LogP contribution in [0.1, 0.15) is 67.5 Å². The molecule has 29 heavy (non-hydrogen) atoms. The summed E-state index contributed by atoms with van der Waals surface area (Å²) in [6.45, 7) is 6.05. The highest BCUT2D eigenvalue weighted by molar-refractivity contribution is 7.15. The third-order valence-electron chi connectivity index (χ3n) is 5.80. The van der Waals surface area contributed by atoms with Crippen molar-refractivity contribution >= 4 is 28.3 Å². The highest BCUT2D eigenvalue weighted by Gasteiger charge is 2.32. The number of nitrogens with one attached hydrogen (secondary N) is 1. The lowest BCUT2D eigenvalue weighted by molar-refractivity contribution is -0.139. The number of amides is 2. The van der Waals surface area contributed by atoms with Gasteiger partial charge in [-0.2, -0.15) is 0 Å². The normalized spacial score (nSPS) is 15.7. The summed E-state index contributed by atoms with van der Waals surface area (Å²) in [7, 11) is 0. The quantitative estimate of drug-likeness (QED) is 0.691. The molecule has 1 fully saturated rings. The first-order chi connectivity index (χ1) is 14.0. The van der Waals surface area contributed by atoms with Crippen LogP contribution in [0.4, 0.5) is 5.13 Å². The first-order valence-corrected chi connectivity index (χ1v) is 11.4. The lowest BCUT2D eigenvalue weighted by Gasteiger charge is -2.36. The Kier molecular flexibility index (Phi) is 7.42. The van der Waals surface area contributed by atoms with E-state index in [1.165, 1.54) is 17.8 Å². The molecule has 0 spiro atoms. The Labute approximate surface area is 177 Å². The molecule has 0 aliphatic heterocycles. The van der Waals surface area contributed by atoms with Crippen molar-refractivity contribution in [3.8, 4) is 0 Å².